The highest BCUT2D eigenvalue weighted by atomic mass is 19.2. The van der Waals surface area contributed by atoms with Crippen LogP contribution in [0.1, 0.15) is 40.4 Å². The molecule has 1 fully saturated rings. The van der Waals surface area contributed by atoms with E-state index in [4.69, 9.17) is 0 Å². The summed E-state index contributed by atoms with van der Waals surface area (Å²) in [5, 5.41) is 10.2. The van der Waals surface area contributed by atoms with Crippen molar-refractivity contribution in [3.8, 4) is 0 Å². The van der Waals surface area contributed by atoms with Crippen molar-refractivity contribution in [3.63, 3.8) is 0 Å². The normalized spacial score (nSPS) is 16.4. The molecule has 2 N–H and O–H groups in total. The summed E-state index contributed by atoms with van der Waals surface area (Å²) in [6, 6.07) is 7.45. The van der Waals surface area contributed by atoms with Gasteiger partial charge in [-0.15, -0.1) is 0 Å². The number of H-pyrrole nitrogens is 1. The zero-order valence-electron chi connectivity index (χ0n) is 17.5. The van der Waals surface area contributed by atoms with E-state index in [1.54, 1.807) is 4.90 Å². The number of hydrogen-bond donors (Lipinski definition) is 2. The second-order valence-corrected chi connectivity index (χ2v) is 7.92. The van der Waals surface area contributed by atoms with E-state index < -0.39 is 17.5 Å². The van der Waals surface area contributed by atoms with E-state index in [9.17, 15) is 13.6 Å². The molecule has 0 spiro atoms. The fourth-order valence-corrected chi connectivity index (χ4v) is 3.96. The molecule has 7 nitrogen and oxygen atoms in total. The molecule has 1 unspecified atom stereocenters. The molecule has 162 valence electrons. The van der Waals surface area contributed by atoms with Gasteiger partial charge >= 0.3 is 0 Å². The average Bonchev–Trinajstić information content (AvgIpc) is 3.14. The summed E-state index contributed by atoms with van der Waals surface area (Å²) in [7, 11) is 0. The van der Waals surface area contributed by atoms with Crippen molar-refractivity contribution in [1.29, 1.82) is 0 Å². The summed E-state index contributed by atoms with van der Waals surface area (Å²) in [6.07, 6.45) is 2.39. The Morgan fingerprint density at radius 2 is 2.06 bits per heavy atom. The summed E-state index contributed by atoms with van der Waals surface area (Å²) in [6.45, 7) is 4.74. The van der Waals surface area contributed by atoms with Gasteiger partial charge in [0, 0.05) is 36.6 Å². The van der Waals surface area contributed by atoms with Crippen molar-refractivity contribution in [1.82, 2.24) is 25.1 Å². The van der Waals surface area contributed by atoms with Gasteiger partial charge in [-0.05, 0) is 51.2 Å². The molecule has 2 aromatic heterocycles. The van der Waals surface area contributed by atoms with Crippen LogP contribution in [0.15, 0.2) is 30.3 Å². The minimum absolute atomic E-state index is 0.170. The maximum Gasteiger partial charge on any atom is 0.256 e. The lowest BCUT2D eigenvalue weighted by molar-refractivity contribution is 0.0667. The Bertz CT molecular complexity index is 1100. The van der Waals surface area contributed by atoms with Gasteiger partial charge in [0.2, 0.25) is 0 Å². The van der Waals surface area contributed by atoms with Gasteiger partial charge in [-0.3, -0.25) is 9.89 Å². The molecular formula is C22H24F2N6O. The van der Waals surface area contributed by atoms with Gasteiger partial charge in [-0.1, -0.05) is 6.07 Å². The van der Waals surface area contributed by atoms with E-state index in [-0.39, 0.29) is 11.5 Å². The van der Waals surface area contributed by atoms with Crippen LogP contribution < -0.4 is 5.32 Å². The lowest BCUT2D eigenvalue weighted by Crippen LogP contribution is -2.41. The van der Waals surface area contributed by atoms with Crippen LogP contribution >= 0.6 is 0 Å². The molecule has 1 aliphatic rings. The molecule has 9 heteroatoms. The third kappa shape index (κ3) is 4.87. The van der Waals surface area contributed by atoms with Crippen molar-refractivity contribution >= 4 is 17.5 Å². The van der Waals surface area contributed by atoms with Gasteiger partial charge in [0.15, 0.2) is 17.5 Å². The minimum Gasteiger partial charge on any atom is -0.338 e. The van der Waals surface area contributed by atoms with E-state index in [0.717, 1.165) is 30.3 Å². The van der Waals surface area contributed by atoms with Crippen LogP contribution in [0.25, 0.3) is 0 Å². The number of benzene rings is 1. The zero-order valence-corrected chi connectivity index (χ0v) is 17.5. The van der Waals surface area contributed by atoms with E-state index in [2.05, 4.69) is 25.5 Å². The van der Waals surface area contributed by atoms with Gasteiger partial charge < -0.3 is 10.2 Å². The monoisotopic (exact) mass is 426 g/mol. The number of aromatic amines is 1. The molecule has 1 saturated heterocycles. The van der Waals surface area contributed by atoms with Crippen molar-refractivity contribution in [2.24, 2.45) is 5.92 Å². The quantitative estimate of drug-likeness (QED) is 0.646. The summed E-state index contributed by atoms with van der Waals surface area (Å²) < 4.78 is 27.6. The predicted octanol–water partition coefficient (Wildman–Crippen LogP) is 3.93. The highest BCUT2D eigenvalue weighted by Gasteiger charge is 2.27. The van der Waals surface area contributed by atoms with Crippen molar-refractivity contribution in [2.75, 3.05) is 18.4 Å². The highest BCUT2D eigenvalue weighted by molar-refractivity contribution is 5.94. The molecule has 31 heavy (non-hydrogen) atoms. The molecule has 0 radical (unpaired) electrons. The number of carbonyl (C=O) groups excluding carboxylic acids is 1. The molecule has 1 amide bonds. The SMILES string of the molecule is Cc1nc(CC2CCCN(C(=O)c3cccc(F)c3F)C2)cc(Nc2cc(C)[nH]n2)n1. The lowest BCUT2D eigenvalue weighted by Gasteiger charge is -2.33. The third-order valence-electron chi connectivity index (χ3n) is 5.34. The first-order chi connectivity index (χ1) is 14.9. The second-order valence-electron chi connectivity index (χ2n) is 7.92. The van der Waals surface area contributed by atoms with Crippen LogP contribution in [-0.4, -0.2) is 44.1 Å². The van der Waals surface area contributed by atoms with Crippen LogP contribution in [0.3, 0.4) is 0 Å². The molecule has 3 aromatic rings. The Morgan fingerprint density at radius 1 is 1.23 bits per heavy atom. The number of aromatic nitrogens is 4. The maximum atomic E-state index is 14.1. The first kappa shape index (κ1) is 20.9. The van der Waals surface area contributed by atoms with Crippen LogP contribution in [0, 0.1) is 31.4 Å². The Morgan fingerprint density at radius 3 is 2.84 bits per heavy atom. The number of rotatable bonds is 5. The van der Waals surface area contributed by atoms with Gasteiger partial charge in [-0.2, -0.15) is 5.10 Å². The number of carbonyl (C=O) groups is 1. The molecule has 3 heterocycles. The predicted molar refractivity (Wildman–Crippen MR) is 112 cm³/mol. The van der Waals surface area contributed by atoms with Gasteiger partial charge in [-0.25, -0.2) is 18.7 Å². The summed E-state index contributed by atoms with van der Waals surface area (Å²) >= 11 is 0. The number of likely N-dealkylation sites (tertiary alicyclic amines) is 1. The molecule has 4 rings (SSSR count). The number of amides is 1. The van der Waals surface area contributed by atoms with Crippen LogP contribution in [0.5, 0.6) is 0 Å². The Kier molecular flexibility index (Phi) is 5.92. The maximum absolute atomic E-state index is 14.1. The highest BCUT2D eigenvalue weighted by Crippen LogP contribution is 2.24. The fraction of sp³-hybridized carbons (Fsp3) is 0.364. The largest absolute Gasteiger partial charge is 0.338 e. The second kappa shape index (κ2) is 8.79. The average molecular weight is 426 g/mol. The summed E-state index contributed by atoms with van der Waals surface area (Å²) in [5.74, 6) is -0.445. The van der Waals surface area contributed by atoms with Crippen LogP contribution in [-0.2, 0) is 6.42 Å². The Balaban J connectivity index is 1.45. The number of piperidine rings is 1. The fourth-order valence-electron chi connectivity index (χ4n) is 3.96. The number of nitrogens with one attached hydrogen (secondary N) is 2. The Labute approximate surface area is 178 Å². The third-order valence-corrected chi connectivity index (χ3v) is 5.34. The van der Waals surface area contributed by atoms with Crippen molar-refractivity contribution < 1.29 is 13.6 Å². The summed E-state index contributed by atoms with van der Waals surface area (Å²) in [5.41, 5.74) is 1.58. The van der Waals surface area contributed by atoms with E-state index in [0.29, 0.717) is 37.0 Å². The Hall–Kier alpha value is -3.36. The van der Waals surface area contributed by atoms with Crippen LogP contribution in [0.4, 0.5) is 20.4 Å². The molecule has 1 aromatic carbocycles. The molecule has 0 bridgehead atoms. The molecular weight excluding hydrogens is 402 g/mol. The van der Waals surface area contributed by atoms with Crippen LogP contribution in [0.2, 0.25) is 0 Å². The molecule has 0 saturated carbocycles. The van der Waals surface area contributed by atoms with E-state index in [1.165, 1.54) is 12.1 Å². The van der Waals surface area contributed by atoms with E-state index in [1.807, 2.05) is 26.0 Å². The van der Waals surface area contributed by atoms with Gasteiger partial charge in [0.05, 0.1) is 5.56 Å². The van der Waals surface area contributed by atoms with Gasteiger partial charge in [0.1, 0.15) is 11.6 Å². The van der Waals surface area contributed by atoms with Crippen molar-refractivity contribution in [3.05, 3.63) is 64.7 Å². The number of hydrogen-bond acceptors (Lipinski definition) is 5. The smallest absolute Gasteiger partial charge is 0.256 e. The first-order valence-electron chi connectivity index (χ1n) is 10.3. The number of aryl methyl sites for hydroxylation is 2. The number of halogens is 2. The summed E-state index contributed by atoms with van der Waals surface area (Å²) in [4.78, 5) is 23.3. The first-order valence-corrected chi connectivity index (χ1v) is 10.3. The molecule has 0 aliphatic carbocycles. The number of nitrogens with zero attached hydrogens (tertiary/aromatic N) is 4. The van der Waals surface area contributed by atoms with Crippen molar-refractivity contribution in [2.45, 2.75) is 33.1 Å². The van der Waals surface area contributed by atoms with Gasteiger partial charge in [0.25, 0.3) is 5.91 Å². The zero-order chi connectivity index (χ0) is 22.0. The minimum atomic E-state index is -1.09. The molecule has 1 aliphatic heterocycles. The molecule has 1 atom stereocenters. The lowest BCUT2D eigenvalue weighted by atomic mass is 9.92. The number of anilines is 2. The topological polar surface area (TPSA) is 86.8 Å². The van der Waals surface area contributed by atoms with E-state index >= 15 is 0 Å². The standard InChI is InChI=1S/C22H24F2N6O/c1-13-9-20(29-28-13)27-19-11-16(25-14(2)26-19)10-15-5-4-8-30(12-15)22(31)17-6-3-7-18(23)21(17)24/h3,6-7,9,11,15H,4-5,8,10,12H2,1-2H3,(H2,25,26,27,28,29).